The number of hydrogen-bond donors (Lipinski definition) is 0. The highest BCUT2D eigenvalue weighted by atomic mass is 79.9. The Morgan fingerprint density at radius 1 is 1.20 bits per heavy atom. The Morgan fingerprint density at radius 2 is 1.90 bits per heavy atom. The van der Waals surface area contributed by atoms with Gasteiger partial charge in [0, 0.05) is 26.7 Å². The number of benzene rings is 2. The van der Waals surface area contributed by atoms with Crippen LogP contribution >= 0.6 is 27.5 Å². The van der Waals surface area contributed by atoms with E-state index in [2.05, 4.69) is 22.0 Å². The molecule has 0 N–H and O–H groups in total. The average molecular weight is 365 g/mol. The Balaban J connectivity index is 2.63. The fraction of sp³-hybridized carbons (Fsp3) is 0.143. The van der Waals surface area contributed by atoms with E-state index in [1.807, 2.05) is 0 Å². The second-order valence-electron chi connectivity index (χ2n) is 3.96. The summed E-state index contributed by atoms with van der Waals surface area (Å²) in [6.07, 6.45) is -4.42. The second-order valence-corrected chi connectivity index (χ2v) is 5.22. The molecule has 20 heavy (non-hydrogen) atoms. The van der Waals surface area contributed by atoms with E-state index in [1.54, 1.807) is 12.1 Å². The molecule has 2 aromatic carbocycles. The zero-order valence-electron chi connectivity index (χ0n) is 10.2. The number of hydrogen-bond acceptors (Lipinski definition) is 1. The quantitative estimate of drug-likeness (QED) is 0.674. The van der Waals surface area contributed by atoms with Gasteiger partial charge in [-0.05, 0) is 30.3 Å². The minimum atomic E-state index is -4.42. The van der Waals surface area contributed by atoms with Gasteiger partial charge in [-0.15, -0.1) is 0 Å². The summed E-state index contributed by atoms with van der Waals surface area (Å²) >= 11 is 9.29. The minimum absolute atomic E-state index is 0.229. The van der Waals surface area contributed by atoms with Gasteiger partial charge in [0.25, 0.3) is 0 Å². The maximum atomic E-state index is 12.8. The van der Waals surface area contributed by atoms with E-state index in [-0.39, 0.29) is 10.6 Å². The van der Waals surface area contributed by atoms with Gasteiger partial charge in [-0.1, -0.05) is 27.5 Å². The van der Waals surface area contributed by atoms with E-state index in [1.165, 1.54) is 13.2 Å². The third-order valence-electron chi connectivity index (χ3n) is 2.68. The molecule has 0 saturated carbocycles. The molecule has 0 aliphatic carbocycles. The van der Waals surface area contributed by atoms with Crippen molar-refractivity contribution >= 4 is 27.5 Å². The SMILES string of the molecule is COc1[c]cc(Br)c(-c2cc(C(F)(F)F)ccc2Cl)c1. The van der Waals surface area contributed by atoms with Crippen molar-refractivity contribution in [2.24, 2.45) is 0 Å². The molecule has 0 heterocycles. The van der Waals surface area contributed by atoms with Gasteiger partial charge in [-0.3, -0.25) is 0 Å². The molecule has 105 valence electrons. The normalized spacial score (nSPS) is 11.5. The van der Waals surface area contributed by atoms with Crippen LogP contribution in [0.15, 0.2) is 34.8 Å². The second kappa shape index (κ2) is 5.66. The number of ether oxygens (including phenoxy) is 1. The van der Waals surface area contributed by atoms with Gasteiger partial charge in [0.2, 0.25) is 0 Å². The van der Waals surface area contributed by atoms with Gasteiger partial charge in [0.1, 0.15) is 5.75 Å². The largest absolute Gasteiger partial charge is 0.496 e. The Morgan fingerprint density at radius 3 is 2.50 bits per heavy atom. The molecule has 0 saturated heterocycles. The zero-order valence-corrected chi connectivity index (χ0v) is 12.5. The fourth-order valence-electron chi connectivity index (χ4n) is 1.69. The molecule has 0 aliphatic rings. The van der Waals surface area contributed by atoms with Gasteiger partial charge in [0.05, 0.1) is 12.7 Å². The van der Waals surface area contributed by atoms with Crippen molar-refractivity contribution in [2.45, 2.75) is 6.18 Å². The maximum absolute atomic E-state index is 12.8. The van der Waals surface area contributed by atoms with Gasteiger partial charge in [-0.25, -0.2) is 0 Å². The summed E-state index contributed by atoms with van der Waals surface area (Å²) < 4.78 is 43.9. The number of methoxy groups -OCH3 is 1. The Kier molecular flexibility index (Phi) is 4.30. The van der Waals surface area contributed by atoms with Crippen molar-refractivity contribution in [1.82, 2.24) is 0 Å². The summed E-state index contributed by atoms with van der Waals surface area (Å²) in [5.41, 5.74) is 0.0352. The number of alkyl halides is 3. The first-order chi connectivity index (χ1) is 9.32. The van der Waals surface area contributed by atoms with Crippen LogP contribution in [-0.4, -0.2) is 7.11 Å². The highest BCUT2D eigenvalue weighted by Crippen LogP contribution is 2.39. The van der Waals surface area contributed by atoms with E-state index in [0.29, 0.717) is 15.8 Å². The average Bonchev–Trinajstić information content (AvgIpc) is 2.39. The Hall–Kier alpha value is -1.20. The summed E-state index contributed by atoms with van der Waals surface area (Å²) in [6, 6.07) is 9.17. The fourth-order valence-corrected chi connectivity index (χ4v) is 2.35. The third kappa shape index (κ3) is 3.10. The van der Waals surface area contributed by atoms with Crippen LogP contribution in [0.2, 0.25) is 5.02 Å². The smallest absolute Gasteiger partial charge is 0.416 e. The van der Waals surface area contributed by atoms with Gasteiger partial charge in [0.15, 0.2) is 0 Å². The summed E-state index contributed by atoms with van der Waals surface area (Å²) in [7, 11) is 1.46. The Bertz CT molecular complexity index is 641. The molecule has 0 atom stereocenters. The number of rotatable bonds is 2. The molecule has 0 spiro atoms. The lowest BCUT2D eigenvalue weighted by molar-refractivity contribution is -0.137. The lowest BCUT2D eigenvalue weighted by Gasteiger charge is -2.12. The highest BCUT2D eigenvalue weighted by Gasteiger charge is 2.31. The molecule has 0 amide bonds. The first-order valence-electron chi connectivity index (χ1n) is 5.45. The third-order valence-corrected chi connectivity index (χ3v) is 3.66. The summed E-state index contributed by atoms with van der Waals surface area (Å²) in [5.74, 6) is 0.414. The highest BCUT2D eigenvalue weighted by molar-refractivity contribution is 9.10. The van der Waals surface area contributed by atoms with Crippen LogP contribution in [0, 0.1) is 6.07 Å². The minimum Gasteiger partial charge on any atom is -0.496 e. The van der Waals surface area contributed by atoms with Gasteiger partial charge < -0.3 is 4.74 Å². The van der Waals surface area contributed by atoms with Crippen LogP contribution in [0.1, 0.15) is 5.56 Å². The van der Waals surface area contributed by atoms with Crippen LogP contribution < -0.4 is 4.74 Å². The van der Waals surface area contributed by atoms with E-state index >= 15 is 0 Å². The summed E-state index contributed by atoms with van der Waals surface area (Å²) in [6.45, 7) is 0. The van der Waals surface area contributed by atoms with Gasteiger partial charge in [-0.2, -0.15) is 13.2 Å². The van der Waals surface area contributed by atoms with Crippen LogP contribution in [0.25, 0.3) is 11.1 Å². The Labute approximate surface area is 127 Å². The van der Waals surface area contributed by atoms with Crippen LogP contribution in [0.3, 0.4) is 0 Å². The van der Waals surface area contributed by atoms with Crippen molar-refractivity contribution in [3.8, 4) is 16.9 Å². The van der Waals surface area contributed by atoms with Gasteiger partial charge >= 0.3 is 6.18 Å². The molecular weight excluding hydrogens is 357 g/mol. The maximum Gasteiger partial charge on any atom is 0.416 e. The molecule has 2 aromatic rings. The van der Waals surface area contributed by atoms with E-state index < -0.39 is 11.7 Å². The number of halogens is 5. The molecule has 1 radical (unpaired) electrons. The lowest BCUT2D eigenvalue weighted by Crippen LogP contribution is -2.04. The summed E-state index contributed by atoms with van der Waals surface area (Å²) in [5, 5.41) is 0.229. The molecular formula is C14H8BrClF3O. The predicted molar refractivity (Wildman–Crippen MR) is 75.0 cm³/mol. The molecule has 0 aromatic heterocycles. The first-order valence-corrected chi connectivity index (χ1v) is 6.62. The summed E-state index contributed by atoms with van der Waals surface area (Å²) in [4.78, 5) is 0. The van der Waals surface area contributed by atoms with Crippen molar-refractivity contribution in [3.05, 3.63) is 51.5 Å². The van der Waals surface area contributed by atoms with Crippen LogP contribution in [0.4, 0.5) is 13.2 Å². The molecule has 0 unspecified atom stereocenters. The first kappa shape index (κ1) is 15.2. The molecule has 1 nitrogen and oxygen atoms in total. The van der Waals surface area contributed by atoms with Crippen molar-refractivity contribution in [1.29, 1.82) is 0 Å². The molecule has 6 heteroatoms. The van der Waals surface area contributed by atoms with Crippen molar-refractivity contribution < 1.29 is 17.9 Å². The molecule has 0 fully saturated rings. The monoisotopic (exact) mass is 363 g/mol. The zero-order chi connectivity index (χ0) is 14.9. The van der Waals surface area contributed by atoms with E-state index in [9.17, 15) is 13.2 Å². The molecule has 2 rings (SSSR count). The predicted octanol–water partition coefficient (Wildman–Crippen LogP) is 5.60. The lowest BCUT2D eigenvalue weighted by atomic mass is 10.0. The van der Waals surface area contributed by atoms with E-state index in [0.717, 1.165) is 12.1 Å². The topological polar surface area (TPSA) is 9.23 Å². The van der Waals surface area contributed by atoms with Crippen molar-refractivity contribution in [2.75, 3.05) is 7.11 Å². The van der Waals surface area contributed by atoms with Crippen molar-refractivity contribution in [3.63, 3.8) is 0 Å². The van der Waals surface area contributed by atoms with Crippen LogP contribution in [0.5, 0.6) is 5.75 Å². The molecule has 0 bridgehead atoms. The standard InChI is InChI=1S/C14H8BrClF3O/c1-20-9-3-4-12(15)10(7-9)11-6-8(14(17,18)19)2-5-13(11)16/h2,4-7H,1H3. The van der Waals surface area contributed by atoms with E-state index in [4.69, 9.17) is 16.3 Å². The molecule has 0 aliphatic heterocycles. The van der Waals surface area contributed by atoms with Crippen LogP contribution in [-0.2, 0) is 6.18 Å².